The highest BCUT2D eigenvalue weighted by Crippen LogP contribution is 2.30. The second-order valence-corrected chi connectivity index (χ2v) is 6.58. The Hall–Kier alpha value is -2.90. The van der Waals surface area contributed by atoms with Gasteiger partial charge in [0, 0.05) is 19.2 Å². The molecule has 0 spiro atoms. The maximum absolute atomic E-state index is 13.9. The van der Waals surface area contributed by atoms with Crippen LogP contribution in [0.5, 0.6) is 0 Å². The average Bonchev–Trinajstić information content (AvgIpc) is 2.66. The van der Waals surface area contributed by atoms with E-state index in [0.717, 1.165) is 24.2 Å². The van der Waals surface area contributed by atoms with Crippen LogP contribution in [0.4, 0.5) is 23.2 Å². The fourth-order valence-electron chi connectivity index (χ4n) is 2.47. The lowest BCUT2D eigenvalue weighted by atomic mass is 10.0. The van der Waals surface area contributed by atoms with Gasteiger partial charge >= 0.3 is 12.1 Å². The minimum Gasteiger partial charge on any atom is -0.457 e. The molecule has 0 aliphatic carbocycles. The molecule has 0 atom stereocenters. The van der Waals surface area contributed by atoms with Crippen LogP contribution in [0.2, 0.25) is 0 Å². The van der Waals surface area contributed by atoms with Gasteiger partial charge in [-0.1, -0.05) is 6.07 Å². The summed E-state index contributed by atoms with van der Waals surface area (Å²) in [6.07, 6.45) is -2.95. The number of hydrogen-bond donors (Lipinski definition) is 0. The molecule has 0 fully saturated rings. The van der Waals surface area contributed by atoms with E-state index < -0.39 is 30.1 Å². The van der Waals surface area contributed by atoms with Crippen molar-refractivity contribution in [3.8, 4) is 0 Å². The molecule has 0 radical (unpaired) electrons. The van der Waals surface area contributed by atoms with E-state index in [1.165, 1.54) is 0 Å². The van der Waals surface area contributed by atoms with Crippen molar-refractivity contribution in [3.05, 3.63) is 64.0 Å². The highest BCUT2D eigenvalue weighted by Gasteiger charge is 2.31. The first-order valence-corrected chi connectivity index (χ1v) is 8.92. The minimum atomic E-state index is -4.64. The van der Waals surface area contributed by atoms with Gasteiger partial charge in [-0.15, -0.1) is 0 Å². The zero-order valence-corrected chi connectivity index (χ0v) is 16.6. The fraction of sp³-hybridized carbons (Fsp3) is 0.333. The Morgan fingerprint density at radius 2 is 1.86 bits per heavy atom. The third-order valence-corrected chi connectivity index (χ3v) is 4.61. The molecule has 0 aliphatic rings. The van der Waals surface area contributed by atoms with Crippen molar-refractivity contribution >= 4 is 18.0 Å². The van der Waals surface area contributed by atoms with Gasteiger partial charge in [0.05, 0.1) is 23.2 Å². The van der Waals surface area contributed by atoms with Crippen LogP contribution in [0.1, 0.15) is 39.5 Å². The molecule has 0 saturated heterocycles. The van der Waals surface area contributed by atoms with Crippen molar-refractivity contribution in [2.75, 3.05) is 13.6 Å². The lowest BCUT2D eigenvalue weighted by Gasteiger charge is -2.13. The van der Waals surface area contributed by atoms with Crippen molar-refractivity contribution in [2.45, 2.75) is 33.6 Å². The molecule has 0 aromatic heterocycles. The largest absolute Gasteiger partial charge is 0.457 e. The summed E-state index contributed by atoms with van der Waals surface area (Å²) in [6.45, 7) is 5.88. The molecule has 0 saturated carbocycles. The number of carbonyl (C=O) groups excluding carboxylic acids is 1. The fourth-order valence-corrected chi connectivity index (χ4v) is 2.47. The number of carbonyl (C=O) groups is 1. The summed E-state index contributed by atoms with van der Waals surface area (Å²) in [5.41, 5.74) is 1.22. The number of halogens is 4. The number of nitrogens with zero attached hydrogens (tertiary/aromatic N) is 2. The molecule has 2 rings (SSSR count). The van der Waals surface area contributed by atoms with Gasteiger partial charge in [-0.3, -0.25) is 0 Å². The van der Waals surface area contributed by atoms with Crippen LogP contribution in [0, 0.1) is 19.7 Å². The molecule has 2 aromatic carbocycles. The standard InChI is InChI=1S/C21H22F4N2O2/c1-5-27(4)12-26-19-9-8-17(13(2)14(19)3)20(28)29-11-15-6-7-16(10-18(15)22)21(23,24)25/h6-10,12H,5,11H2,1-4H3/b26-12+. The van der Waals surface area contributed by atoms with Gasteiger partial charge in [-0.05, 0) is 56.2 Å². The van der Waals surface area contributed by atoms with Crippen molar-refractivity contribution in [1.82, 2.24) is 4.90 Å². The van der Waals surface area contributed by atoms with Crippen LogP contribution in [0.25, 0.3) is 0 Å². The highest BCUT2D eigenvalue weighted by atomic mass is 19.4. The van der Waals surface area contributed by atoms with Gasteiger partial charge < -0.3 is 9.64 Å². The predicted octanol–water partition coefficient (Wildman–Crippen LogP) is 5.43. The summed E-state index contributed by atoms with van der Waals surface area (Å²) in [4.78, 5) is 18.7. The Bertz CT molecular complexity index is 924. The summed E-state index contributed by atoms with van der Waals surface area (Å²) in [5.74, 6) is -1.77. The maximum Gasteiger partial charge on any atom is 0.416 e. The zero-order chi connectivity index (χ0) is 21.8. The Kier molecular flexibility index (Phi) is 7.00. The Labute approximate surface area is 166 Å². The lowest BCUT2D eigenvalue weighted by molar-refractivity contribution is -0.137. The smallest absolute Gasteiger partial charge is 0.416 e. The van der Waals surface area contributed by atoms with Crippen LogP contribution in [0.15, 0.2) is 35.3 Å². The number of esters is 1. The molecule has 0 unspecified atom stereocenters. The topological polar surface area (TPSA) is 41.9 Å². The summed E-state index contributed by atoms with van der Waals surface area (Å²) in [7, 11) is 1.89. The molecule has 0 aliphatic heterocycles. The van der Waals surface area contributed by atoms with E-state index in [1.807, 2.05) is 25.8 Å². The van der Waals surface area contributed by atoms with Crippen LogP contribution >= 0.6 is 0 Å². The zero-order valence-electron chi connectivity index (χ0n) is 16.6. The molecule has 4 nitrogen and oxygen atoms in total. The maximum atomic E-state index is 13.9. The van der Waals surface area contributed by atoms with Crippen LogP contribution in [-0.4, -0.2) is 30.8 Å². The number of benzene rings is 2. The number of aliphatic imine (C=N–C) groups is 1. The third-order valence-electron chi connectivity index (χ3n) is 4.61. The monoisotopic (exact) mass is 410 g/mol. The second kappa shape index (κ2) is 9.07. The lowest BCUT2D eigenvalue weighted by Crippen LogP contribution is -2.14. The molecule has 2 aromatic rings. The van der Waals surface area contributed by atoms with Crippen molar-refractivity contribution in [1.29, 1.82) is 0 Å². The Morgan fingerprint density at radius 3 is 2.45 bits per heavy atom. The summed E-state index contributed by atoms with van der Waals surface area (Å²) in [5, 5.41) is 0. The molecular weight excluding hydrogens is 388 g/mol. The summed E-state index contributed by atoms with van der Waals surface area (Å²) < 4.78 is 56.8. The molecule has 29 heavy (non-hydrogen) atoms. The number of rotatable bonds is 6. The number of alkyl halides is 3. The molecule has 8 heteroatoms. The molecule has 0 heterocycles. The molecule has 0 N–H and O–H groups in total. The first-order valence-electron chi connectivity index (χ1n) is 8.92. The predicted molar refractivity (Wildman–Crippen MR) is 103 cm³/mol. The first-order chi connectivity index (χ1) is 13.5. The third kappa shape index (κ3) is 5.56. The van der Waals surface area contributed by atoms with E-state index in [-0.39, 0.29) is 11.1 Å². The molecule has 156 valence electrons. The van der Waals surface area contributed by atoms with Crippen LogP contribution < -0.4 is 0 Å². The van der Waals surface area contributed by atoms with E-state index in [2.05, 4.69) is 4.99 Å². The van der Waals surface area contributed by atoms with E-state index >= 15 is 0 Å². The van der Waals surface area contributed by atoms with E-state index in [9.17, 15) is 22.4 Å². The van der Waals surface area contributed by atoms with Crippen LogP contribution in [0.3, 0.4) is 0 Å². The van der Waals surface area contributed by atoms with E-state index in [0.29, 0.717) is 17.3 Å². The van der Waals surface area contributed by atoms with Gasteiger partial charge in [-0.2, -0.15) is 13.2 Å². The van der Waals surface area contributed by atoms with Crippen molar-refractivity contribution in [3.63, 3.8) is 0 Å². The van der Waals surface area contributed by atoms with E-state index in [4.69, 9.17) is 4.74 Å². The number of hydrogen-bond acceptors (Lipinski definition) is 3. The van der Waals surface area contributed by atoms with Gasteiger partial charge in [0.25, 0.3) is 0 Å². The minimum absolute atomic E-state index is 0.135. The van der Waals surface area contributed by atoms with Crippen molar-refractivity contribution < 1.29 is 27.1 Å². The quantitative estimate of drug-likeness (QED) is 0.276. The SMILES string of the molecule is CCN(C)/C=N/c1ccc(C(=O)OCc2ccc(C(F)(F)F)cc2F)c(C)c1C. The van der Waals surface area contributed by atoms with E-state index in [1.54, 1.807) is 25.4 Å². The van der Waals surface area contributed by atoms with Crippen LogP contribution in [-0.2, 0) is 17.5 Å². The molecule has 0 amide bonds. The molecule has 0 bridgehead atoms. The highest BCUT2D eigenvalue weighted by molar-refractivity contribution is 5.92. The van der Waals surface area contributed by atoms with Gasteiger partial charge in [0.1, 0.15) is 12.4 Å². The summed E-state index contributed by atoms with van der Waals surface area (Å²) >= 11 is 0. The number of ether oxygens (including phenoxy) is 1. The second-order valence-electron chi connectivity index (χ2n) is 6.58. The van der Waals surface area contributed by atoms with Gasteiger partial charge in [0.2, 0.25) is 0 Å². The van der Waals surface area contributed by atoms with Gasteiger partial charge in [0.15, 0.2) is 0 Å². The van der Waals surface area contributed by atoms with Gasteiger partial charge in [-0.25, -0.2) is 14.2 Å². The normalized spacial score (nSPS) is 11.7. The Balaban J connectivity index is 2.14. The first kappa shape index (κ1) is 22.4. The Morgan fingerprint density at radius 1 is 1.17 bits per heavy atom. The van der Waals surface area contributed by atoms with Crippen molar-refractivity contribution in [2.24, 2.45) is 4.99 Å². The summed E-state index contributed by atoms with van der Waals surface area (Å²) in [6, 6.07) is 5.34. The average molecular weight is 410 g/mol. The molecular formula is C21H22F4N2O2.